The van der Waals surface area contributed by atoms with Crippen LogP contribution in [0.1, 0.15) is 11.5 Å². The number of rotatable bonds is 3. The third kappa shape index (κ3) is 2.42. The average Bonchev–Trinajstić information content (AvgIpc) is 2.11. The Kier molecular flexibility index (Phi) is 3.83. The Morgan fingerprint density at radius 3 is 2.50 bits per heavy atom. The first-order valence-corrected chi connectivity index (χ1v) is 4.82. The molecule has 78 valence electrons. The van der Waals surface area contributed by atoms with E-state index >= 15 is 0 Å². The van der Waals surface area contributed by atoms with E-state index in [4.69, 9.17) is 5.73 Å². The van der Waals surface area contributed by atoms with Crippen LogP contribution in [0.3, 0.4) is 0 Å². The third-order valence-corrected chi connectivity index (χ3v) is 2.59. The van der Waals surface area contributed by atoms with Crippen LogP contribution in [0.5, 0.6) is 5.75 Å². The molecule has 1 aromatic rings. The second-order valence-corrected chi connectivity index (χ2v) is 3.74. The lowest BCUT2D eigenvalue weighted by atomic mass is 10.00. The molecular formula is C9H10BrF2NO. The summed E-state index contributed by atoms with van der Waals surface area (Å²) in [6, 6.07) is 4.27. The number of phenols is 1. The predicted molar refractivity (Wildman–Crippen MR) is 53.6 cm³/mol. The fourth-order valence-electron chi connectivity index (χ4n) is 1.14. The predicted octanol–water partition coefficient (Wildman–Crippen LogP) is 2.46. The summed E-state index contributed by atoms with van der Waals surface area (Å²) in [6.45, 7) is -0.116. The topological polar surface area (TPSA) is 46.2 Å². The summed E-state index contributed by atoms with van der Waals surface area (Å²) < 4.78 is 25.3. The molecular weight excluding hydrogens is 256 g/mol. The van der Waals surface area contributed by atoms with Gasteiger partial charge in [-0.25, -0.2) is 8.78 Å². The summed E-state index contributed by atoms with van der Waals surface area (Å²) >= 11 is 3.06. The fourth-order valence-corrected chi connectivity index (χ4v) is 1.53. The largest absolute Gasteiger partial charge is 0.507 e. The SMILES string of the molecule is NCC(c1ccc(O)c(Br)c1)C(F)F. The maximum atomic E-state index is 12.5. The number of hydrogen-bond donors (Lipinski definition) is 2. The van der Waals surface area contributed by atoms with Crippen LogP contribution in [0, 0.1) is 0 Å². The Balaban J connectivity index is 3.00. The monoisotopic (exact) mass is 265 g/mol. The molecule has 0 spiro atoms. The van der Waals surface area contributed by atoms with E-state index in [-0.39, 0.29) is 12.3 Å². The fraction of sp³-hybridized carbons (Fsp3) is 0.333. The van der Waals surface area contributed by atoms with Gasteiger partial charge in [0.25, 0.3) is 0 Å². The number of nitrogens with two attached hydrogens (primary N) is 1. The highest BCUT2D eigenvalue weighted by atomic mass is 79.9. The molecule has 1 aromatic carbocycles. The molecule has 0 aliphatic carbocycles. The molecule has 1 atom stereocenters. The highest BCUT2D eigenvalue weighted by Gasteiger charge is 2.21. The average molecular weight is 266 g/mol. The summed E-state index contributed by atoms with van der Waals surface area (Å²) in [4.78, 5) is 0. The van der Waals surface area contributed by atoms with Crippen molar-refractivity contribution in [1.29, 1.82) is 0 Å². The van der Waals surface area contributed by atoms with Crippen LogP contribution in [0.4, 0.5) is 8.78 Å². The van der Waals surface area contributed by atoms with Crippen molar-refractivity contribution in [2.75, 3.05) is 6.54 Å². The first-order chi connectivity index (χ1) is 6.56. The minimum absolute atomic E-state index is 0.0267. The van der Waals surface area contributed by atoms with Gasteiger partial charge >= 0.3 is 0 Å². The van der Waals surface area contributed by atoms with Gasteiger partial charge in [-0.3, -0.25) is 0 Å². The highest BCUT2D eigenvalue weighted by molar-refractivity contribution is 9.10. The number of benzene rings is 1. The van der Waals surface area contributed by atoms with Gasteiger partial charge < -0.3 is 10.8 Å². The van der Waals surface area contributed by atoms with E-state index in [9.17, 15) is 13.9 Å². The molecule has 3 N–H and O–H groups in total. The molecule has 2 nitrogen and oxygen atoms in total. The minimum atomic E-state index is -2.49. The van der Waals surface area contributed by atoms with E-state index in [2.05, 4.69) is 15.9 Å². The first-order valence-electron chi connectivity index (χ1n) is 4.03. The van der Waals surface area contributed by atoms with E-state index in [1.54, 1.807) is 0 Å². The summed E-state index contributed by atoms with van der Waals surface area (Å²) in [5.41, 5.74) is 5.66. The number of phenolic OH excluding ortho intramolecular Hbond substituents is 1. The zero-order valence-electron chi connectivity index (χ0n) is 7.25. The van der Waals surface area contributed by atoms with Crippen molar-refractivity contribution in [3.05, 3.63) is 28.2 Å². The molecule has 0 saturated carbocycles. The zero-order valence-corrected chi connectivity index (χ0v) is 8.84. The van der Waals surface area contributed by atoms with E-state index < -0.39 is 12.3 Å². The number of aromatic hydroxyl groups is 1. The highest BCUT2D eigenvalue weighted by Crippen LogP contribution is 2.30. The molecule has 1 rings (SSSR count). The minimum Gasteiger partial charge on any atom is -0.507 e. The lowest BCUT2D eigenvalue weighted by Crippen LogP contribution is -2.19. The van der Waals surface area contributed by atoms with Gasteiger partial charge in [0.05, 0.1) is 10.4 Å². The molecule has 0 heterocycles. The number of alkyl halides is 2. The molecule has 0 radical (unpaired) electrons. The van der Waals surface area contributed by atoms with Crippen LogP contribution in [-0.2, 0) is 0 Å². The van der Waals surface area contributed by atoms with Gasteiger partial charge in [0.2, 0.25) is 6.43 Å². The van der Waals surface area contributed by atoms with Crippen molar-refractivity contribution in [2.24, 2.45) is 5.73 Å². The molecule has 1 unspecified atom stereocenters. The molecule has 0 bridgehead atoms. The maximum absolute atomic E-state index is 12.5. The Bertz CT molecular complexity index is 320. The van der Waals surface area contributed by atoms with Crippen molar-refractivity contribution in [3.8, 4) is 5.75 Å². The standard InChI is InChI=1S/C9H10BrF2NO/c10-7-3-5(1-2-8(7)14)6(4-13)9(11)12/h1-3,6,9,14H,4,13H2. The number of hydrogen-bond acceptors (Lipinski definition) is 2. The first kappa shape index (κ1) is 11.4. The van der Waals surface area contributed by atoms with E-state index in [0.717, 1.165) is 0 Å². The molecule has 14 heavy (non-hydrogen) atoms. The van der Waals surface area contributed by atoms with Crippen molar-refractivity contribution in [3.63, 3.8) is 0 Å². The van der Waals surface area contributed by atoms with Crippen molar-refractivity contribution in [2.45, 2.75) is 12.3 Å². The van der Waals surface area contributed by atoms with Crippen LogP contribution in [0.2, 0.25) is 0 Å². The summed E-state index contributed by atoms with van der Waals surface area (Å²) in [5.74, 6) is -0.953. The van der Waals surface area contributed by atoms with E-state index in [1.165, 1.54) is 18.2 Å². The second-order valence-electron chi connectivity index (χ2n) is 2.89. The van der Waals surface area contributed by atoms with Gasteiger partial charge in [-0.2, -0.15) is 0 Å². The molecule has 0 aliphatic heterocycles. The van der Waals surface area contributed by atoms with Gasteiger partial charge in [0, 0.05) is 6.54 Å². The van der Waals surface area contributed by atoms with E-state index in [1.807, 2.05) is 0 Å². The lowest BCUT2D eigenvalue weighted by Gasteiger charge is -2.14. The Labute approximate surface area is 88.9 Å². The second kappa shape index (κ2) is 4.70. The molecule has 0 aliphatic rings. The van der Waals surface area contributed by atoms with Gasteiger partial charge in [-0.15, -0.1) is 0 Å². The Hall–Kier alpha value is -0.680. The van der Waals surface area contributed by atoms with E-state index in [0.29, 0.717) is 10.0 Å². The Morgan fingerprint density at radius 2 is 2.07 bits per heavy atom. The third-order valence-electron chi connectivity index (χ3n) is 1.96. The Morgan fingerprint density at radius 1 is 1.43 bits per heavy atom. The maximum Gasteiger partial charge on any atom is 0.246 e. The molecule has 0 saturated heterocycles. The normalized spacial score (nSPS) is 13.2. The summed E-state index contributed by atoms with van der Waals surface area (Å²) in [6.07, 6.45) is -2.49. The van der Waals surface area contributed by atoms with Crippen molar-refractivity contribution >= 4 is 15.9 Å². The van der Waals surface area contributed by atoms with Crippen LogP contribution in [0.25, 0.3) is 0 Å². The number of halogens is 3. The van der Waals surface area contributed by atoms with Crippen molar-refractivity contribution < 1.29 is 13.9 Å². The molecule has 5 heteroatoms. The van der Waals surface area contributed by atoms with Crippen LogP contribution in [0.15, 0.2) is 22.7 Å². The van der Waals surface area contributed by atoms with Crippen LogP contribution < -0.4 is 5.73 Å². The molecule has 0 fully saturated rings. The molecule has 0 amide bonds. The van der Waals surface area contributed by atoms with Crippen LogP contribution >= 0.6 is 15.9 Å². The summed E-state index contributed by atoms with van der Waals surface area (Å²) in [5, 5.41) is 9.17. The van der Waals surface area contributed by atoms with Gasteiger partial charge in [-0.1, -0.05) is 6.07 Å². The lowest BCUT2D eigenvalue weighted by molar-refractivity contribution is 0.117. The van der Waals surface area contributed by atoms with Crippen LogP contribution in [-0.4, -0.2) is 18.1 Å². The molecule has 0 aromatic heterocycles. The van der Waals surface area contributed by atoms with Gasteiger partial charge in [-0.05, 0) is 33.6 Å². The zero-order chi connectivity index (χ0) is 10.7. The van der Waals surface area contributed by atoms with Gasteiger partial charge in [0.15, 0.2) is 0 Å². The smallest absolute Gasteiger partial charge is 0.246 e. The van der Waals surface area contributed by atoms with Gasteiger partial charge in [0.1, 0.15) is 5.75 Å². The van der Waals surface area contributed by atoms with Crippen molar-refractivity contribution in [1.82, 2.24) is 0 Å². The summed E-state index contributed by atoms with van der Waals surface area (Å²) in [7, 11) is 0. The quantitative estimate of drug-likeness (QED) is 0.882.